The van der Waals surface area contributed by atoms with Gasteiger partial charge >= 0.3 is 17.9 Å². The maximum atomic E-state index is 13.2. The third-order valence-electron chi connectivity index (χ3n) is 6.96. The molecule has 40 heavy (non-hydrogen) atoms. The summed E-state index contributed by atoms with van der Waals surface area (Å²) in [6, 6.07) is 20.9. The van der Waals surface area contributed by atoms with Gasteiger partial charge < -0.3 is 23.7 Å². The van der Waals surface area contributed by atoms with E-state index >= 15 is 0 Å². The van der Waals surface area contributed by atoms with E-state index in [4.69, 9.17) is 23.7 Å². The van der Waals surface area contributed by atoms with Crippen molar-refractivity contribution in [3.8, 4) is 0 Å². The van der Waals surface area contributed by atoms with Crippen LogP contribution in [-0.2, 0) is 23.7 Å². The molecule has 1 aliphatic rings. The Morgan fingerprint density at radius 3 is 1.48 bits per heavy atom. The Morgan fingerprint density at radius 1 is 0.650 bits per heavy atom. The molecule has 1 aliphatic heterocycles. The van der Waals surface area contributed by atoms with Gasteiger partial charge in [-0.2, -0.15) is 0 Å². The largest absolute Gasteiger partial charge is 0.459 e. The molecule has 0 spiro atoms. The highest BCUT2D eigenvalue weighted by Crippen LogP contribution is 2.32. The second-order valence-electron chi connectivity index (χ2n) is 10.1. The van der Waals surface area contributed by atoms with Crippen LogP contribution >= 0.6 is 0 Å². The number of methoxy groups -OCH3 is 1. The van der Waals surface area contributed by atoms with Crippen LogP contribution in [0.15, 0.2) is 72.8 Å². The van der Waals surface area contributed by atoms with E-state index < -0.39 is 48.4 Å². The van der Waals surface area contributed by atoms with Crippen molar-refractivity contribution in [3.63, 3.8) is 0 Å². The lowest BCUT2D eigenvalue weighted by molar-refractivity contribution is -0.278. The minimum absolute atomic E-state index is 0.120. The topological polar surface area (TPSA) is 97.4 Å². The average Bonchev–Trinajstić information content (AvgIpc) is 2.95. The first-order valence-corrected chi connectivity index (χ1v) is 13.1. The van der Waals surface area contributed by atoms with E-state index in [1.54, 1.807) is 55.5 Å². The van der Waals surface area contributed by atoms with Gasteiger partial charge in [-0.25, -0.2) is 14.4 Å². The molecule has 8 heteroatoms. The molecular weight excluding hydrogens is 512 g/mol. The van der Waals surface area contributed by atoms with Gasteiger partial charge in [-0.3, -0.25) is 0 Å². The molecule has 8 nitrogen and oxygen atoms in total. The molecule has 2 unspecified atom stereocenters. The van der Waals surface area contributed by atoms with Crippen LogP contribution in [0.4, 0.5) is 0 Å². The fourth-order valence-electron chi connectivity index (χ4n) is 4.41. The van der Waals surface area contributed by atoms with E-state index in [9.17, 15) is 14.4 Å². The lowest BCUT2D eigenvalue weighted by atomic mass is 9.90. The van der Waals surface area contributed by atoms with Gasteiger partial charge in [0.1, 0.15) is 18.8 Å². The van der Waals surface area contributed by atoms with Gasteiger partial charge in [0.15, 0.2) is 12.4 Å². The predicted octanol–water partition coefficient (Wildman–Crippen LogP) is 5.23. The molecule has 0 aromatic heterocycles. The molecule has 3 aromatic rings. The molecule has 1 heterocycles. The van der Waals surface area contributed by atoms with Crippen LogP contribution in [0, 0.1) is 26.7 Å². The Morgan fingerprint density at radius 2 is 1.05 bits per heavy atom. The third-order valence-corrected chi connectivity index (χ3v) is 6.96. The highest BCUT2D eigenvalue weighted by molar-refractivity contribution is 5.91. The normalized spacial score (nSPS) is 22.3. The Hall–Kier alpha value is -4.01. The van der Waals surface area contributed by atoms with Crippen LogP contribution in [0.3, 0.4) is 0 Å². The van der Waals surface area contributed by atoms with Crippen molar-refractivity contribution in [3.05, 3.63) is 106 Å². The van der Waals surface area contributed by atoms with Crippen molar-refractivity contribution in [2.24, 2.45) is 5.92 Å². The number of hydrogen-bond acceptors (Lipinski definition) is 8. The lowest BCUT2D eigenvalue weighted by Crippen LogP contribution is -2.58. The third kappa shape index (κ3) is 6.94. The number of ether oxygens (including phenoxy) is 5. The molecule has 0 aliphatic carbocycles. The number of esters is 3. The zero-order valence-corrected chi connectivity index (χ0v) is 23.3. The van der Waals surface area contributed by atoms with E-state index in [2.05, 4.69) is 0 Å². The molecule has 0 saturated carbocycles. The molecule has 4 rings (SSSR count). The van der Waals surface area contributed by atoms with Crippen molar-refractivity contribution in [1.82, 2.24) is 0 Å². The fourth-order valence-corrected chi connectivity index (χ4v) is 4.41. The smallest absolute Gasteiger partial charge is 0.338 e. The second kappa shape index (κ2) is 12.9. The van der Waals surface area contributed by atoms with E-state index in [1.807, 2.05) is 45.0 Å². The molecule has 0 bridgehead atoms. The molecule has 210 valence electrons. The molecule has 3 aromatic carbocycles. The summed E-state index contributed by atoms with van der Waals surface area (Å²) in [6.45, 7) is 7.43. The molecule has 0 radical (unpaired) electrons. The Labute approximate surface area is 234 Å². The van der Waals surface area contributed by atoms with Crippen molar-refractivity contribution >= 4 is 17.9 Å². The standard InChI is InChI=1S/C32H34O8/c1-19-6-12-23(13-7-19)29(33)37-18-26-22(4)27(39-30(34)24-14-8-20(2)9-15-24)28(32(36-5)38-26)40-31(35)25-16-10-21(3)11-17-25/h6-17,22,26-28,32H,18H2,1-5H3/t22-,26?,27+,28?,32-/m1/s1. The van der Waals surface area contributed by atoms with Gasteiger partial charge in [-0.15, -0.1) is 0 Å². The monoisotopic (exact) mass is 546 g/mol. The fraction of sp³-hybridized carbons (Fsp3) is 0.344. The molecule has 0 amide bonds. The van der Waals surface area contributed by atoms with Gasteiger partial charge in [0, 0.05) is 13.0 Å². The van der Waals surface area contributed by atoms with Gasteiger partial charge in [0.2, 0.25) is 0 Å². The average molecular weight is 547 g/mol. The summed E-state index contributed by atoms with van der Waals surface area (Å²) >= 11 is 0. The summed E-state index contributed by atoms with van der Waals surface area (Å²) in [6.07, 6.45) is -3.81. The van der Waals surface area contributed by atoms with Crippen LogP contribution in [-0.4, -0.2) is 56.2 Å². The van der Waals surface area contributed by atoms with Gasteiger partial charge in [-0.05, 0) is 57.2 Å². The van der Waals surface area contributed by atoms with Crippen LogP contribution in [0.1, 0.15) is 54.7 Å². The van der Waals surface area contributed by atoms with Crippen LogP contribution < -0.4 is 0 Å². The second-order valence-corrected chi connectivity index (χ2v) is 10.1. The Bertz CT molecular complexity index is 1310. The minimum Gasteiger partial charge on any atom is -0.459 e. The predicted molar refractivity (Wildman–Crippen MR) is 147 cm³/mol. The number of carbonyl (C=O) groups is 3. The summed E-state index contributed by atoms with van der Waals surface area (Å²) in [5.74, 6) is -2.22. The van der Waals surface area contributed by atoms with E-state index in [0.717, 1.165) is 16.7 Å². The van der Waals surface area contributed by atoms with E-state index in [1.165, 1.54) is 7.11 Å². The van der Waals surface area contributed by atoms with Crippen LogP contribution in [0.25, 0.3) is 0 Å². The van der Waals surface area contributed by atoms with Crippen molar-refractivity contribution in [2.45, 2.75) is 52.3 Å². The highest BCUT2D eigenvalue weighted by atomic mass is 16.7. The lowest BCUT2D eigenvalue weighted by Gasteiger charge is -2.43. The van der Waals surface area contributed by atoms with Crippen LogP contribution in [0.2, 0.25) is 0 Å². The number of rotatable bonds is 8. The first kappa shape index (κ1) is 29.0. The summed E-state index contributed by atoms with van der Waals surface area (Å²) in [5, 5.41) is 0. The minimum atomic E-state index is -1.08. The zero-order valence-electron chi connectivity index (χ0n) is 23.3. The number of hydrogen-bond donors (Lipinski definition) is 0. The van der Waals surface area contributed by atoms with Crippen molar-refractivity contribution in [1.29, 1.82) is 0 Å². The zero-order chi connectivity index (χ0) is 28.8. The Kier molecular flexibility index (Phi) is 9.34. The summed E-state index contributed by atoms with van der Waals surface area (Å²) in [7, 11) is 1.40. The van der Waals surface area contributed by atoms with Crippen LogP contribution in [0.5, 0.6) is 0 Å². The van der Waals surface area contributed by atoms with Gasteiger partial charge in [0.25, 0.3) is 0 Å². The number of carbonyl (C=O) groups excluding carboxylic acids is 3. The first-order chi connectivity index (χ1) is 19.2. The molecule has 1 fully saturated rings. The first-order valence-electron chi connectivity index (χ1n) is 13.1. The highest BCUT2D eigenvalue weighted by Gasteiger charge is 2.49. The molecular formula is C32H34O8. The molecule has 0 N–H and O–H groups in total. The maximum absolute atomic E-state index is 13.2. The van der Waals surface area contributed by atoms with E-state index in [-0.39, 0.29) is 6.61 Å². The SMILES string of the molecule is CO[C@@H]1OC(COC(=O)c2ccc(C)cc2)[C@@H](C)[C@H](OC(=O)c2ccc(C)cc2)C1OC(=O)c1ccc(C)cc1. The summed E-state index contributed by atoms with van der Waals surface area (Å²) in [4.78, 5) is 38.9. The molecule has 5 atom stereocenters. The van der Waals surface area contributed by atoms with Gasteiger partial charge in [0.05, 0.1) is 16.7 Å². The molecule has 1 saturated heterocycles. The maximum Gasteiger partial charge on any atom is 0.338 e. The Balaban J connectivity index is 1.56. The quantitative estimate of drug-likeness (QED) is 0.280. The van der Waals surface area contributed by atoms with Crippen molar-refractivity contribution < 1.29 is 38.1 Å². The van der Waals surface area contributed by atoms with Crippen molar-refractivity contribution in [2.75, 3.05) is 13.7 Å². The number of aryl methyl sites for hydroxylation is 3. The summed E-state index contributed by atoms with van der Waals surface area (Å²) in [5.41, 5.74) is 4.11. The summed E-state index contributed by atoms with van der Waals surface area (Å²) < 4.78 is 29.0. The van der Waals surface area contributed by atoms with E-state index in [0.29, 0.717) is 16.7 Å². The van der Waals surface area contributed by atoms with Gasteiger partial charge in [-0.1, -0.05) is 60.0 Å². The number of benzene rings is 3.